The summed E-state index contributed by atoms with van der Waals surface area (Å²) in [5.41, 5.74) is 0.507. The van der Waals surface area contributed by atoms with Gasteiger partial charge < -0.3 is 34.9 Å². The maximum atomic E-state index is 14.9. The van der Waals surface area contributed by atoms with Gasteiger partial charge in [0.1, 0.15) is 18.1 Å². The fourth-order valence-corrected chi connectivity index (χ4v) is 4.76. The molecule has 0 unspecified atom stereocenters. The lowest BCUT2D eigenvalue weighted by molar-refractivity contribution is 0.0899. The maximum Gasteiger partial charge on any atom is 0.198 e. The Balaban J connectivity index is 1.76. The van der Waals surface area contributed by atoms with Crippen LogP contribution in [0, 0.1) is 11.6 Å². The first kappa shape index (κ1) is 29.2. The van der Waals surface area contributed by atoms with Gasteiger partial charge in [-0.15, -0.1) is 0 Å². The van der Waals surface area contributed by atoms with E-state index in [9.17, 15) is 13.9 Å². The summed E-state index contributed by atoms with van der Waals surface area (Å²) >= 11 is 11.5. The molecule has 3 rings (SSSR count). The Bertz CT molecular complexity index is 1220. The number of rotatable bonds is 12. The smallest absolute Gasteiger partial charge is 0.198 e. The van der Waals surface area contributed by atoms with Crippen LogP contribution < -0.4 is 15.4 Å². The van der Waals surface area contributed by atoms with E-state index >= 15 is 0 Å². The lowest BCUT2D eigenvalue weighted by atomic mass is 10.2. The molecule has 0 aliphatic carbocycles. The van der Waals surface area contributed by atoms with E-state index in [0.717, 1.165) is 18.2 Å². The molecule has 0 fully saturated rings. The van der Waals surface area contributed by atoms with Crippen LogP contribution in [0.4, 0.5) is 14.5 Å². The zero-order chi connectivity index (χ0) is 27.2. The third-order valence-corrected chi connectivity index (χ3v) is 7.61. The Labute approximate surface area is 225 Å². The normalized spacial score (nSPS) is 12.5. The van der Waals surface area contributed by atoms with E-state index in [4.69, 9.17) is 38.4 Å². The van der Waals surface area contributed by atoms with Crippen LogP contribution in [-0.2, 0) is 11.5 Å². The van der Waals surface area contributed by atoms with E-state index in [0.29, 0.717) is 22.7 Å². The Morgan fingerprint density at radius 3 is 2.57 bits per heavy atom. The number of ether oxygens (including phenoxy) is 2. The minimum absolute atomic E-state index is 0.0380. The van der Waals surface area contributed by atoms with Crippen molar-refractivity contribution in [1.82, 2.24) is 14.9 Å². The van der Waals surface area contributed by atoms with Gasteiger partial charge in [0, 0.05) is 51.5 Å². The second kappa shape index (κ2) is 12.9. The van der Waals surface area contributed by atoms with Gasteiger partial charge in [-0.3, -0.25) is 0 Å². The van der Waals surface area contributed by atoms with Gasteiger partial charge in [-0.25, -0.2) is 13.8 Å². The average molecular weight is 573 g/mol. The van der Waals surface area contributed by atoms with Gasteiger partial charge in [-0.1, -0.05) is 31.2 Å². The molecule has 8 nitrogen and oxygen atoms in total. The van der Waals surface area contributed by atoms with Crippen molar-refractivity contribution in [2.24, 2.45) is 0 Å². The molecule has 0 aliphatic rings. The minimum atomic E-state index is -1.23. The Kier molecular flexibility index (Phi) is 10.2. The number of anilines is 1. The molecule has 202 valence electrons. The second-order valence-corrected chi connectivity index (χ2v) is 16.1. The van der Waals surface area contributed by atoms with Gasteiger partial charge in [0.25, 0.3) is 0 Å². The second-order valence-electron chi connectivity index (χ2n) is 9.66. The first-order valence-electron chi connectivity index (χ1n) is 11.7. The predicted octanol–water partition coefficient (Wildman–Crippen LogP) is 5.10. The molecule has 1 aromatic carbocycles. The molecule has 2 aromatic heterocycles. The van der Waals surface area contributed by atoms with E-state index in [1.165, 1.54) is 12.3 Å². The van der Waals surface area contributed by atoms with E-state index < -0.39 is 31.5 Å². The molecule has 0 saturated heterocycles. The molecule has 0 saturated carbocycles. The monoisotopic (exact) mass is 572 g/mol. The number of aliphatic hydroxyl groups is 2. The van der Waals surface area contributed by atoms with Crippen molar-refractivity contribution in [2.45, 2.75) is 44.9 Å². The Hall–Kier alpha value is -2.35. The topological polar surface area (TPSA) is 101 Å². The summed E-state index contributed by atoms with van der Waals surface area (Å²) in [6.07, 6.45) is 3.36. The molecular weight excluding hydrogens is 542 g/mol. The summed E-state index contributed by atoms with van der Waals surface area (Å²) in [7, 11) is -1.23. The fourth-order valence-electron chi connectivity index (χ4n) is 3.42. The summed E-state index contributed by atoms with van der Waals surface area (Å²) in [5, 5.41) is 24.5. The quantitative estimate of drug-likeness (QED) is 0.135. The Morgan fingerprint density at radius 2 is 1.95 bits per heavy atom. The lowest BCUT2D eigenvalue weighted by Gasteiger charge is -2.18. The van der Waals surface area contributed by atoms with Gasteiger partial charge in [-0.2, -0.15) is 0 Å². The number of fused-ring (bicyclic) bond motifs is 1. The zero-order valence-electron chi connectivity index (χ0n) is 20.9. The third-order valence-electron chi connectivity index (χ3n) is 5.40. The van der Waals surface area contributed by atoms with E-state index in [1.807, 2.05) is 0 Å². The van der Waals surface area contributed by atoms with Crippen LogP contribution in [0.15, 0.2) is 30.6 Å². The molecule has 0 radical (unpaired) electrons. The molecule has 13 heteroatoms. The largest absolute Gasteiger partial charge is 0.450 e. The van der Waals surface area contributed by atoms with Crippen molar-refractivity contribution >= 4 is 53.7 Å². The molecule has 2 heterocycles. The van der Waals surface area contributed by atoms with Crippen molar-refractivity contribution in [2.75, 3.05) is 25.1 Å². The molecule has 0 amide bonds. The van der Waals surface area contributed by atoms with Crippen molar-refractivity contribution in [3.05, 3.63) is 47.2 Å². The zero-order valence-corrected chi connectivity index (χ0v) is 23.4. The van der Waals surface area contributed by atoms with Gasteiger partial charge in [-0.05, 0) is 30.7 Å². The first-order valence-corrected chi connectivity index (χ1v) is 16.2. The summed E-state index contributed by atoms with van der Waals surface area (Å²) < 4.78 is 42.9. The minimum Gasteiger partial charge on any atom is -0.450 e. The number of hydrogen-bond acceptors (Lipinski definition) is 6. The van der Waals surface area contributed by atoms with Crippen molar-refractivity contribution in [3.63, 3.8) is 0 Å². The molecule has 0 bridgehead atoms. The first-order chi connectivity index (χ1) is 17.5. The van der Waals surface area contributed by atoms with Crippen LogP contribution in [0.1, 0.15) is 6.42 Å². The van der Waals surface area contributed by atoms with Crippen LogP contribution >= 0.6 is 23.8 Å². The number of aliphatic hydroxyl groups excluding tert-OH is 2. The SMILES string of the molecule is C[Si](C)(C)CCOCn1cc(Cl)c2c(Oc3c(F)cc(NC(=S)N[C@@H](CO)CCO)cc3F)ccnc21. The van der Waals surface area contributed by atoms with E-state index in [1.54, 1.807) is 10.8 Å². The molecular formula is C24H31ClF2N4O4SSi. The molecule has 4 N–H and O–H groups in total. The standard InChI is InChI=1S/C24H31ClF2N4O4SSi/c1-37(2,3)9-8-34-14-31-12-17(25)21-20(4-6-28-23(21)31)35-22-18(26)10-16(11-19(22)27)30-24(36)29-15(13-33)5-7-32/h4,6,10-12,15,32-33H,5,7-9,13-14H2,1-3H3,(H2,29,30,36)/t15-/m1/s1. The highest BCUT2D eigenvalue weighted by atomic mass is 35.5. The number of nitrogens with zero attached hydrogens (tertiary/aromatic N) is 2. The number of hydrogen-bond donors (Lipinski definition) is 4. The summed E-state index contributed by atoms with van der Waals surface area (Å²) in [4.78, 5) is 4.34. The predicted molar refractivity (Wildman–Crippen MR) is 147 cm³/mol. The molecule has 0 aliphatic heterocycles. The van der Waals surface area contributed by atoms with Crippen LogP contribution in [0.2, 0.25) is 30.7 Å². The van der Waals surface area contributed by atoms with Crippen LogP contribution in [-0.4, -0.2) is 58.8 Å². The van der Waals surface area contributed by atoms with Crippen LogP contribution in [0.25, 0.3) is 11.0 Å². The van der Waals surface area contributed by atoms with Crippen molar-refractivity contribution in [3.8, 4) is 11.5 Å². The lowest BCUT2D eigenvalue weighted by Crippen LogP contribution is -2.40. The Morgan fingerprint density at radius 1 is 1.24 bits per heavy atom. The molecule has 37 heavy (non-hydrogen) atoms. The number of thiocarbonyl (C=S) groups is 1. The maximum absolute atomic E-state index is 14.9. The fraction of sp³-hybridized carbons (Fsp3) is 0.417. The number of nitrogens with one attached hydrogen (secondary N) is 2. The average Bonchev–Trinajstić information content (AvgIpc) is 3.14. The number of aromatic nitrogens is 2. The number of benzene rings is 1. The van der Waals surface area contributed by atoms with Crippen LogP contribution in [0.5, 0.6) is 11.5 Å². The van der Waals surface area contributed by atoms with Crippen molar-refractivity contribution in [1.29, 1.82) is 0 Å². The highest BCUT2D eigenvalue weighted by molar-refractivity contribution is 7.80. The summed E-state index contributed by atoms with van der Waals surface area (Å²) in [6, 6.07) is 4.05. The van der Waals surface area contributed by atoms with Crippen LogP contribution in [0.3, 0.4) is 0 Å². The van der Waals surface area contributed by atoms with Crippen molar-refractivity contribution < 1.29 is 28.5 Å². The number of pyridine rings is 1. The summed E-state index contributed by atoms with van der Waals surface area (Å²) in [5.74, 6) is -2.40. The molecule has 1 atom stereocenters. The van der Waals surface area contributed by atoms with E-state index in [-0.39, 0.29) is 42.9 Å². The summed E-state index contributed by atoms with van der Waals surface area (Å²) in [6.45, 7) is 7.21. The third kappa shape index (κ3) is 8.06. The molecule has 0 spiro atoms. The van der Waals surface area contributed by atoms with Gasteiger partial charge in [0.15, 0.2) is 22.5 Å². The van der Waals surface area contributed by atoms with Gasteiger partial charge >= 0.3 is 0 Å². The van der Waals surface area contributed by atoms with E-state index in [2.05, 4.69) is 35.3 Å². The molecule has 3 aromatic rings. The van der Waals surface area contributed by atoms with Gasteiger partial charge in [0.2, 0.25) is 0 Å². The van der Waals surface area contributed by atoms with Gasteiger partial charge in [0.05, 0.1) is 23.1 Å². The highest BCUT2D eigenvalue weighted by Gasteiger charge is 2.20. The number of halogens is 3. The highest BCUT2D eigenvalue weighted by Crippen LogP contribution is 2.37.